The minimum absolute atomic E-state index is 0.506. The van der Waals surface area contributed by atoms with Crippen molar-refractivity contribution >= 4 is 11.6 Å². The maximum Gasteiger partial charge on any atom is 0.127 e. The van der Waals surface area contributed by atoms with Gasteiger partial charge in [-0.25, -0.2) is 0 Å². The Labute approximate surface area is 106 Å². The summed E-state index contributed by atoms with van der Waals surface area (Å²) in [5.74, 6) is 0.815. The average Bonchev–Trinajstić information content (AvgIpc) is 2.38. The summed E-state index contributed by atoms with van der Waals surface area (Å²) in [6.07, 6.45) is 0. The van der Waals surface area contributed by atoms with Gasteiger partial charge in [-0.2, -0.15) is 0 Å². The first-order valence-corrected chi connectivity index (χ1v) is 5.75. The molecule has 2 rings (SSSR count). The number of benzene rings is 2. The first kappa shape index (κ1) is 12.0. The Kier molecular flexibility index (Phi) is 3.67. The number of hydrogen-bond donors (Lipinski definition) is 1. The van der Waals surface area contributed by atoms with Crippen molar-refractivity contribution in [2.45, 2.75) is 6.54 Å². The van der Waals surface area contributed by atoms with E-state index in [1.165, 1.54) is 0 Å². The molecule has 0 spiro atoms. The first-order valence-electron chi connectivity index (χ1n) is 5.37. The summed E-state index contributed by atoms with van der Waals surface area (Å²) in [7, 11) is 1.66. The van der Waals surface area contributed by atoms with Gasteiger partial charge < -0.3 is 10.5 Å². The number of methoxy groups -OCH3 is 1. The van der Waals surface area contributed by atoms with E-state index in [0.29, 0.717) is 11.6 Å². The molecule has 88 valence electrons. The maximum atomic E-state index is 5.99. The number of hydrogen-bond acceptors (Lipinski definition) is 2. The van der Waals surface area contributed by atoms with Crippen molar-refractivity contribution in [2.75, 3.05) is 7.11 Å². The minimum atomic E-state index is 0.506. The topological polar surface area (TPSA) is 35.2 Å². The third kappa shape index (κ3) is 2.60. The fourth-order valence-corrected chi connectivity index (χ4v) is 1.95. The standard InChI is InChI=1S/C14H14ClNO/c1-17-14-7-10(9-16)5-6-13(14)11-3-2-4-12(15)8-11/h2-8H,9,16H2,1H3. The normalized spacial score (nSPS) is 10.3. The number of nitrogens with two attached hydrogens (primary N) is 1. The van der Waals surface area contributed by atoms with Crippen molar-refractivity contribution < 1.29 is 4.74 Å². The van der Waals surface area contributed by atoms with E-state index in [-0.39, 0.29) is 0 Å². The van der Waals surface area contributed by atoms with Crippen molar-refractivity contribution in [1.82, 2.24) is 0 Å². The summed E-state index contributed by atoms with van der Waals surface area (Å²) in [5, 5.41) is 0.715. The van der Waals surface area contributed by atoms with Gasteiger partial charge in [0.25, 0.3) is 0 Å². The third-order valence-corrected chi connectivity index (χ3v) is 2.87. The summed E-state index contributed by atoms with van der Waals surface area (Å²) >= 11 is 5.99. The summed E-state index contributed by atoms with van der Waals surface area (Å²) < 4.78 is 5.38. The molecule has 0 unspecified atom stereocenters. The molecule has 2 aromatic rings. The van der Waals surface area contributed by atoms with Crippen molar-refractivity contribution in [3.63, 3.8) is 0 Å². The van der Waals surface area contributed by atoms with Gasteiger partial charge in [0.2, 0.25) is 0 Å². The molecule has 0 heterocycles. The Morgan fingerprint density at radius 2 is 2.00 bits per heavy atom. The molecule has 2 nitrogen and oxygen atoms in total. The molecule has 0 radical (unpaired) electrons. The molecular weight excluding hydrogens is 234 g/mol. The van der Waals surface area contributed by atoms with Gasteiger partial charge in [0.15, 0.2) is 0 Å². The van der Waals surface area contributed by atoms with Gasteiger partial charge in [0.1, 0.15) is 5.75 Å². The second kappa shape index (κ2) is 5.21. The number of ether oxygens (including phenoxy) is 1. The van der Waals surface area contributed by atoms with Crippen LogP contribution < -0.4 is 10.5 Å². The summed E-state index contributed by atoms with van der Waals surface area (Å²) in [6, 6.07) is 13.7. The monoisotopic (exact) mass is 247 g/mol. The highest BCUT2D eigenvalue weighted by Gasteiger charge is 2.06. The van der Waals surface area contributed by atoms with Crippen molar-refractivity contribution in [3.8, 4) is 16.9 Å². The zero-order valence-corrected chi connectivity index (χ0v) is 10.4. The summed E-state index contributed by atoms with van der Waals surface area (Å²) in [6.45, 7) is 0.506. The minimum Gasteiger partial charge on any atom is -0.496 e. The van der Waals surface area contributed by atoms with E-state index >= 15 is 0 Å². The molecule has 0 saturated carbocycles. The van der Waals surface area contributed by atoms with Crippen LogP contribution in [0.15, 0.2) is 42.5 Å². The molecule has 0 aliphatic carbocycles. The van der Waals surface area contributed by atoms with Gasteiger partial charge in [0, 0.05) is 17.1 Å². The molecule has 17 heavy (non-hydrogen) atoms. The highest BCUT2D eigenvalue weighted by Crippen LogP contribution is 2.32. The molecule has 0 aliphatic heterocycles. The Bertz CT molecular complexity index is 525. The lowest BCUT2D eigenvalue weighted by molar-refractivity contribution is 0.416. The lowest BCUT2D eigenvalue weighted by Crippen LogP contribution is -1.97. The van der Waals surface area contributed by atoms with Crippen LogP contribution in [0.2, 0.25) is 5.02 Å². The van der Waals surface area contributed by atoms with Crippen LogP contribution in [0.1, 0.15) is 5.56 Å². The molecule has 0 fully saturated rings. The lowest BCUT2D eigenvalue weighted by atomic mass is 10.0. The summed E-state index contributed by atoms with van der Waals surface area (Å²) in [4.78, 5) is 0. The predicted octanol–water partition coefficient (Wildman–Crippen LogP) is 3.47. The van der Waals surface area contributed by atoms with E-state index in [2.05, 4.69) is 0 Å². The largest absolute Gasteiger partial charge is 0.496 e. The van der Waals surface area contributed by atoms with E-state index in [1.54, 1.807) is 7.11 Å². The van der Waals surface area contributed by atoms with E-state index in [1.807, 2.05) is 42.5 Å². The predicted molar refractivity (Wildman–Crippen MR) is 71.3 cm³/mol. The Hall–Kier alpha value is -1.51. The van der Waals surface area contributed by atoms with Gasteiger partial charge in [0.05, 0.1) is 7.11 Å². The van der Waals surface area contributed by atoms with Gasteiger partial charge >= 0.3 is 0 Å². The van der Waals surface area contributed by atoms with Crippen molar-refractivity contribution in [2.24, 2.45) is 5.73 Å². The van der Waals surface area contributed by atoms with Crippen LogP contribution in [-0.4, -0.2) is 7.11 Å². The third-order valence-electron chi connectivity index (χ3n) is 2.64. The van der Waals surface area contributed by atoms with Crippen LogP contribution >= 0.6 is 11.6 Å². The average molecular weight is 248 g/mol. The second-order valence-electron chi connectivity index (χ2n) is 3.75. The molecule has 2 N–H and O–H groups in total. The van der Waals surface area contributed by atoms with Crippen LogP contribution in [0.5, 0.6) is 5.75 Å². The van der Waals surface area contributed by atoms with Crippen LogP contribution in [0.3, 0.4) is 0 Å². The quantitative estimate of drug-likeness (QED) is 0.901. The SMILES string of the molecule is COc1cc(CN)ccc1-c1cccc(Cl)c1. The smallest absolute Gasteiger partial charge is 0.127 e. The van der Waals surface area contributed by atoms with E-state index in [9.17, 15) is 0 Å². The lowest BCUT2D eigenvalue weighted by Gasteiger charge is -2.10. The van der Waals surface area contributed by atoms with Crippen LogP contribution in [0, 0.1) is 0 Å². The van der Waals surface area contributed by atoms with E-state index < -0.39 is 0 Å². The van der Waals surface area contributed by atoms with E-state index in [4.69, 9.17) is 22.1 Å². The fraction of sp³-hybridized carbons (Fsp3) is 0.143. The van der Waals surface area contributed by atoms with E-state index in [0.717, 1.165) is 22.4 Å². The van der Waals surface area contributed by atoms with Gasteiger partial charge in [-0.3, -0.25) is 0 Å². The van der Waals surface area contributed by atoms with Gasteiger partial charge in [-0.05, 0) is 29.3 Å². The van der Waals surface area contributed by atoms with Gasteiger partial charge in [-0.15, -0.1) is 0 Å². The molecule has 0 aliphatic rings. The summed E-state index contributed by atoms with van der Waals surface area (Å²) in [5.41, 5.74) is 8.72. The molecular formula is C14H14ClNO. The molecule has 0 bridgehead atoms. The maximum absolute atomic E-state index is 5.99. The molecule has 0 amide bonds. The number of rotatable bonds is 3. The second-order valence-corrected chi connectivity index (χ2v) is 4.19. The van der Waals surface area contributed by atoms with Crippen molar-refractivity contribution in [1.29, 1.82) is 0 Å². The zero-order chi connectivity index (χ0) is 12.3. The van der Waals surface area contributed by atoms with Crippen LogP contribution in [0.4, 0.5) is 0 Å². The highest BCUT2D eigenvalue weighted by molar-refractivity contribution is 6.30. The molecule has 0 saturated heterocycles. The molecule has 0 atom stereocenters. The van der Waals surface area contributed by atoms with Crippen LogP contribution in [0.25, 0.3) is 11.1 Å². The Morgan fingerprint density at radius 3 is 2.65 bits per heavy atom. The zero-order valence-electron chi connectivity index (χ0n) is 9.61. The first-order chi connectivity index (χ1) is 8.24. The van der Waals surface area contributed by atoms with Crippen LogP contribution in [-0.2, 0) is 6.54 Å². The Balaban J connectivity index is 2.51. The van der Waals surface area contributed by atoms with Gasteiger partial charge in [-0.1, -0.05) is 35.9 Å². The highest BCUT2D eigenvalue weighted by atomic mass is 35.5. The fourth-order valence-electron chi connectivity index (χ4n) is 1.76. The number of halogens is 1. The molecule has 2 aromatic carbocycles. The molecule has 0 aromatic heterocycles. The van der Waals surface area contributed by atoms with Crippen molar-refractivity contribution in [3.05, 3.63) is 53.1 Å². The Morgan fingerprint density at radius 1 is 1.18 bits per heavy atom. The molecule has 3 heteroatoms.